The summed E-state index contributed by atoms with van der Waals surface area (Å²) >= 11 is 18.1. The zero-order valence-corrected chi connectivity index (χ0v) is 24.4. The summed E-state index contributed by atoms with van der Waals surface area (Å²) in [5.74, 6) is -0.590. The first kappa shape index (κ1) is 30.6. The summed E-state index contributed by atoms with van der Waals surface area (Å²) < 4.78 is 0. The Morgan fingerprint density at radius 3 is 2.21 bits per heavy atom. The number of rotatable bonds is 12. The van der Waals surface area contributed by atoms with Gasteiger partial charge in [0.05, 0.1) is 10.0 Å². The van der Waals surface area contributed by atoms with E-state index in [4.69, 9.17) is 39.6 Å². The second-order valence-electron chi connectivity index (χ2n) is 9.76. The van der Waals surface area contributed by atoms with Gasteiger partial charge in [-0.3, -0.25) is 19.3 Å². The van der Waals surface area contributed by atoms with Gasteiger partial charge >= 0.3 is 0 Å². The summed E-state index contributed by atoms with van der Waals surface area (Å²) in [5, 5.41) is 1.66. The molecule has 0 spiro atoms. The molecule has 0 aliphatic carbocycles. The Hall–Kier alpha value is -1.91. The van der Waals surface area contributed by atoms with Crippen LogP contribution in [0.25, 0.3) is 0 Å². The minimum Gasteiger partial charge on any atom is -0.342 e. The molecule has 0 bridgehead atoms. The van der Waals surface area contributed by atoms with Crippen molar-refractivity contribution in [2.75, 3.05) is 67.0 Å². The fourth-order valence-corrected chi connectivity index (χ4v) is 4.54. The van der Waals surface area contributed by atoms with Crippen LogP contribution in [0.4, 0.5) is 0 Å². The predicted octanol–water partition coefficient (Wildman–Crippen LogP) is 3.90. The fourth-order valence-electron chi connectivity index (χ4n) is 4.09. The highest BCUT2D eigenvalue weighted by Gasteiger charge is 2.26. The summed E-state index contributed by atoms with van der Waals surface area (Å²) in [4.78, 5) is 39.8. The molecule has 1 N–H and O–H groups in total. The number of hydrogen-bond acceptors (Lipinski definition) is 6. The lowest BCUT2D eigenvalue weighted by atomic mass is 10.1. The number of hydroxylamine groups is 1. The van der Waals surface area contributed by atoms with Crippen LogP contribution in [0.3, 0.4) is 0 Å². The summed E-state index contributed by atoms with van der Waals surface area (Å²) in [7, 11) is 5.67. The molecule has 38 heavy (non-hydrogen) atoms. The van der Waals surface area contributed by atoms with Crippen LogP contribution in [0.1, 0.15) is 22.3 Å². The van der Waals surface area contributed by atoms with Crippen molar-refractivity contribution in [1.82, 2.24) is 25.1 Å². The number of halogens is 3. The SMILES string of the molecule is CN(C)CCN(C)C(=O)C(CCN1CCN(Cc2ccc(Cl)c(Cl)c2)CC1)ONC(=O)c1ccc(Cl)cc1. The first-order valence-corrected chi connectivity index (χ1v) is 13.8. The van der Waals surface area contributed by atoms with Crippen molar-refractivity contribution in [2.45, 2.75) is 19.1 Å². The lowest BCUT2D eigenvalue weighted by Crippen LogP contribution is -2.48. The maximum Gasteiger partial charge on any atom is 0.274 e. The fraction of sp³-hybridized carbons (Fsp3) is 0.481. The molecule has 1 atom stereocenters. The Morgan fingerprint density at radius 2 is 1.58 bits per heavy atom. The molecular formula is C27H36Cl3N5O3. The Morgan fingerprint density at radius 1 is 0.921 bits per heavy atom. The predicted molar refractivity (Wildman–Crippen MR) is 153 cm³/mol. The van der Waals surface area contributed by atoms with Crippen molar-refractivity contribution >= 4 is 46.6 Å². The second kappa shape index (κ2) is 15.0. The molecule has 2 aromatic carbocycles. The van der Waals surface area contributed by atoms with Gasteiger partial charge in [0.25, 0.3) is 11.8 Å². The molecule has 0 radical (unpaired) electrons. The average Bonchev–Trinajstić information content (AvgIpc) is 2.90. The van der Waals surface area contributed by atoms with Gasteiger partial charge in [0, 0.05) is 70.0 Å². The molecule has 0 aromatic heterocycles. The monoisotopic (exact) mass is 583 g/mol. The van der Waals surface area contributed by atoms with E-state index in [1.807, 2.05) is 37.2 Å². The molecule has 2 aromatic rings. The van der Waals surface area contributed by atoms with E-state index in [9.17, 15) is 9.59 Å². The molecule has 0 saturated carbocycles. The largest absolute Gasteiger partial charge is 0.342 e. The van der Waals surface area contributed by atoms with Crippen LogP contribution in [0.2, 0.25) is 15.1 Å². The molecular weight excluding hydrogens is 549 g/mol. The van der Waals surface area contributed by atoms with Crippen LogP contribution < -0.4 is 5.48 Å². The topological polar surface area (TPSA) is 68.4 Å². The highest BCUT2D eigenvalue weighted by atomic mass is 35.5. The minimum atomic E-state index is -0.798. The van der Waals surface area contributed by atoms with Gasteiger partial charge < -0.3 is 14.7 Å². The third-order valence-corrected chi connectivity index (χ3v) is 7.49. The number of amides is 2. The molecule has 1 aliphatic rings. The number of carbonyl (C=O) groups is 2. The van der Waals surface area contributed by atoms with Gasteiger partial charge in [-0.1, -0.05) is 40.9 Å². The van der Waals surface area contributed by atoms with E-state index in [1.165, 1.54) is 0 Å². The van der Waals surface area contributed by atoms with E-state index >= 15 is 0 Å². The number of carbonyl (C=O) groups excluding carboxylic acids is 2. The third-order valence-electron chi connectivity index (χ3n) is 6.50. The molecule has 11 heteroatoms. The van der Waals surface area contributed by atoms with E-state index in [-0.39, 0.29) is 5.91 Å². The van der Waals surface area contributed by atoms with E-state index in [2.05, 4.69) is 15.3 Å². The number of nitrogens with one attached hydrogen (secondary N) is 1. The Balaban J connectivity index is 1.53. The van der Waals surface area contributed by atoms with Gasteiger partial charge in [-0.05, 0) is 62.5 Å². The summed E-state index contributed by atoms with van der Waals surface area (Å²) in [6.07, 6.45) is -0.341. The van der Waals surface area contributed by atoms with Gasteiger partial charge in [0.1, 0.15) is 0 Å². The zero-order valence-electron chi connectivity index (χ0n) is 22.1. The first-order chi connectivity index (χ1) is 18.1. The van der Waals surface area contributed by atoms with Crippen LogP contribution >= 0.6 is 34.8 Å². The highest BCUT2D eigenvalue weighted by molar-refractivity contribution is 6.42. The summed E-state index contributed by atoms with van der Waals surface area (Å²) in [6, 6.07) is 12.2. The van der Waals surface area contributed by atoms with E-state index < -0.39 is 12.0 Å². The van der Waals surface area contributed by atoms with Crippen LogP contribution in [-0.4, -0.2) is 104 Å². The molecule has 1 saturated heterocycles. The normalized spacial score (nSPS) is 15.4. The number of likely N-dealkylation sites (N-methyl/N-ethyl adjacent to an activating group) is 2. The van der Waals surface area contributed by atoms with Gasteiger partial charge in [-0.25, -0.2) is 5.48 Å². The van der Waals surface area contributed by atoms with Crippen molar-refractivity contribution in [2.24, 2.45) is 0 Å². The maximum absolute atomic E-state index is 13.2. The zero-order chi connectivity index (χ0) is 27.7. The Bertz CT molecular complexity index is 1060. The van der Waals surface area contributed by atoms with Crippen molar-refractivity contribution in [3.05, 3.63) is 68.7 Å². The molecule has 8 nitrogen and oxygen atoms in total. The molecule has 1 heterocycles. The first-order valence-electron chi connectivity index (χ1n) is 12.6. The van der Waals surface area contributed by atoms with Gasteiger partial charge in [-0.15, -0.1) is 0 Å². The molecule has 1 unspecified atom stereocenters. The maximum atomic E-state index is 13.2. The Labute approximate surface area is 240 Å². The lowest BCUT2D eigenvalue weighted by molar-refractivity contribution is -0.147. The molecule has 1 aliphatic heterocycles. The summed E-state index contributed by atoms with van der Waals surface area (Å²) in [5.41, 5.74) is 3.99. The lowest BCUT2D eigenvalue weighted by Gasteiger charge is -2.35. The van der Waals surface area contributed by atoms with E-state index in [0.29, 0.717) is 40.1 Å². The molecule has 1 fully saturated rings. The minimum absolute atomic E-state index is 0.165. The van der Waals surface area contributed by atoms with Crippen LogP contribution in [-0.2, 0) is 16.2 Å². The van der Waals surface area contributed by atoms with E-state index in [0.717, 1.165) is 44.8 Å². The highest BCUT2D eigenvalue weighted by Crippen LogP contribution is 2.23. The second-order valence-corrected chi connectivity index (χ2v) is 11.0. The molecule has 2 amide bonds. The number of nitrogens with zero attached hydrogens (tertiary/aromatic N) is 4. The van der Waals surface area contributed by atoms with E-state index in [1.54, 1.807) is 36.2 Å². The van der Waals surface area contributed by atoms with Crippen molar-refractivity contribution in [3.8, 4) is 0 Å². The number of hydrogen-bond donors (Lipinski definition) is 1. The quantitative estimate of drug-likeness (QED) is 0.382. The van der Waals surface area contributed by atoms with Crippen LogP contribution in [0, 0.1) is 0 Å². The van der Waals surface area contributed by atoms with Crippen LogP contribution in [0.15, 0.2) is 42.5 Å². The van der Waals surface area contributed by atoms with Crippen LogP contribution in [0.5, 0.6) is 0 Å². The summed E-state index contributed by atoms with van der Waals surface area (Å²) in [6.45, 7) is 6.31. The molecule has 3 rings (SSSR count). The van der Waals surface area contributed by atoms with Gasteiger partial charge in [0.15, 0.2) is 6.10 Å². The van der Waals surface area contributed by atoms with Gasteiger partial charge in [0.2, 0.25) is 0 Å². The average molecular weight is 585 g/mol. The third kappa shape index (κ3) is 9.68. The Kier molecular flexibility index (Phi) is 12.1. The van der Waals surface area contributed by atoms with Crippen molar-refractivity contribution in [3.63, 3.8) is 0 Å². The van der Waals surface area contributed by atoms with Gasteiger partial charge in [-0.2, -0.15) is 0 Å². The van der Waals surface area contributed by atoms with Crippen molar-refractivity contribution in [1.29, 1.82) is 0 Å². The molecule has 208 valence electrons. The number of benzene rings is 2. The van der Waals surface area contributed by atoms with Crippen molar-refractivity contribution < 1.29 is 14.4 Å². The standard InChI is InChI=1S/C27H36Cl3N5O3/c1-32(2)12-13-33(3)27(37)25(38-31-26(36)21-5-7-22(28)8-6-21)10-11-34-14-16-35(17-15-34)19-20-4-9-23(29)24(30)18-20/h4-9,18,25H,10-17,19H2,1-3H3,(H,31,36). The number of piperazine rings is 1. The smallest absolute Gasteiger partial charge is 0.274 e.